The Morgan fingerprint density at radius 2 is 2.19 bits per heavy atom. The Morgan fingerprint density at radius 3 is 2.69 bits per heavy atom. The summed E-state index contributed by atoms with van der Waals surface area (Å²) in [7, 11) is 1.57. The lowest BCUT2D eigenvalue weighted by molar-refractivity contribution is 0.0630. The molecule has 0 aliphatic carbocycles. The van der Waals surface area contributed by atoms with Crippen LogP contribution in [0.2, 0.25) is 0 Å². The zero-order valence-electron chi connectivity index (χ0n) is 10.3. The maximum Gasteiger partial charge on any atom is 0.138 e. The fraction of sp³-hybridized carbons (Fsp3) is 0.727. The normalized spacial score (nSPS) is 15.1. The first-order valence-electron chi connectivity index (χ1n) is 5.39. The molecule has 0 aromatic carbocycles. The van der Waals surface area contributed by atoms with Crippen molar-refractivity contribution in [2.45, 2.75) is 32.9 Å². The van der Waals surface area contributed by atoms with E-state index in [1.807, 2.05) is 20.8 Å². The highest BCUT2D eigenvalue weighted by atomic mass is 16.5. The van der Waals surface area contributed by atoms with Crippen LogP contribution in [0, 0.1) is 13.8 Å². The van der Waals surface area contributed by atoms with E-state index in [1.165, 1.54) is 0 Å². The number of aromatic nitrogens is 1. The van der Waals surface area contributed by atoms with E-state index in [2.05, 4.69) is 10.5 Å². The third-order valence-electron chi connectivity index (χ3n) is 2.54. The van der Waals surface area contributed by atoms with Crippen LogP contribution in [0.15, 0.2) is 4.52 Å². The van der Waals surface area contributed by atoms with E-state index >= 15 is 0 Å². The highest BCUT2D eigenvalue weighted by molar-refractivity contribution is 5.24. The van der Waals surface area contributed by atoms with Crippen LogP contribution < -0.4 is 5.32 Å². The van der Waals surface area contributed by atoms with Crippen LogP contribution in [0.25, 0.3) is 0 Å². The topological polar surface area (TPSA) is 67.5 Å². The number of hydrogen-bond acceptors (Lipinski definition) is 5. The summed E-state index contributed by atoms with van der Waals surface area (Å²) in [6.07, 6.45) is -0.493. The van der Waals surface area contributed by atoms with E-state index in [0.29, 0.717) is 13.2 Å². The van der Waals surface area contributed by atoms with Crippen LogP contribution in [-0.4, -0.2) is 36.6 Å². The number of rotatable bonds is 6. The molecular weight excluding hydrogens is 208 g/mol. The number of aliphatic hydroxyl groups is 1. The molecule has 0 unspecified atom stereocenters. The van der Waals surface area contributed by atoms with Gasteiger partial charge in [0.05, 0.1) is 18.4 Å². The van der Waals surface area contributed by atoms with Crippen molar-refractivity contribution in [3.05, 3.63) is 17.0 Å². The monoisotopic (exact) mass is 228 g/mol. The second kappa shape index (κ2) is 5.98. The van der Waals surface area contributed by atoms with Gasteiger partial charge in [-0.2, -0.15) is 0 Å². The molecule has 1 aromatic heterocycles. The molecule has 0 bridgehead atoms. The Morgan fingerprint density at radius 1 is 1.50 bits per heavy atom. The summed E-state index contributed by atoms with van der Waals surface area (Å²) in [5.41, 5.74) is 1.95. The van der Waals surface area contributed by atoms with Gasteiger partial charge in [0.25, 0.3) is 0 Å². The lowest BCUT2D eigenvalue weighted by Crippen LogP contribution is -2.32. The lowest BCUT2D eigenvalue weighted by atomic mass is 10.1. The number of ether oxygens (including phenoxy) is 1. The molecule has 2 atom stereocenters. The number of aliphatic hydroxyl groups excluding tert-OH is 1. The van der Waals surface area contributed by atoms with Gasteiger partial charge in [0.2, 0.25) is 0 Å². The van der Waals surface area contributed by atoms with Crippen LogP contribution in [0.1, 0.15) is 30.0 Å². The number of nitrogens with zero attached hydrogens (tertiary/aromatic N) is 1. The van der Waals surface area contributed by atoms with E-state index in [0.717, 1.165) is 17.0 Å². The summed E-state index contributed by atoms with van der Waals surface area (Å²) >= 11 is 0. The van der Waals surface area contributed by atoms with Gasteiger partial charge in [0.15, 0.2) is 0 Å². The highest BCUT2D eigenvalue weighted by Gasteiger charge is 2.16. The van der Waals surface area contributed by atoms with Gasteiger partial charge in [0, 0.05) is 25.3 Å². The molecule has 0 radical (unpaired) electrons. The van der Waals surface area contributed by atoms with E-state index in [9.17, 15) is 5.11 Å². The third kappa shape index (κ3) is 3.30. The van der Waals surface area contributed by atoms with Crippen molar-refractivity contribution in [1.82, 2.24) is 10.5 Å². The molecule has 92 valence electrons. The van der Waals surface area contributed by atoms with E-state index in [-0.39, 0.29) is 6.04 Å². The molecule has 0 fully saturated rings. The van der Waals surface area contributed by atoms with Gasteiger partial charge < -0.3 is 19.7 Å². The van der Waals surface area contributed by atoms with Crippen LogP contribution in [-0.2, 0) is 4.74 Å². The van der Waals surface area contributed by atoms with Gasteiger partial charge in [-0.15, -0.1) is 0 Å². The maximum absolute atomic E-state index is 9.51. The van der Waals surface area contributed by atoms with E-state index in [1.54, 1.807) is 7.11 Å². The van der Waals surface area contributed by atoms with Crippen LogP contribution in [0.5, 0.6) is 0 Å². The summed E-state index contributed by atoms with van der Waals surface area (Å²) in [5, 5.41) is 16.6. The SMILES string of the molecule is COC[C@@H](O)CN[C@H](C)c1c(C)noc1C. The second-order valence-electron chi connectivity index (χ2n) is 3.98. The average molecular weight is 228 g/mol. The highest BCUT2D eigenvalue weighted by Crippen LogP contribution is 2.20. The molecule has 0 aliphatic heterocycles. The fourth-order valence-corrected chi connectivity index (χ4v) is 1.77. The number of hydrogen-bond donors (Lipinski definition) is 2. The second-order valence-corrected chi connectivity index (χ2v) is 3.98. The summed E-state index contributed by atoms with van der Waals surface area (Å²) in [4.78, 5) is 0. The Labute approximate surface area is 95.8 Å². The molecule has 2 N–H and O–H groups in total. The minimum Gasteiger partial charge on any atom is -0.389 e. The Hall–Kier alpha value is -0.910. The van der Waals surface area contributed by atoms with Crippen molar-refractivity contribution in [2.24, 2.45) is 0 Å². The molecule has 0 spiro atoms. The number of aryl methyl sites for hydroxylation is 2. The van der Waals surface area contributed by atoms with Gasteiger partial charge in [0.1, 0.15) is 5.76 Å². The van der Waals surface area contributed by atoms with Crippen molar-refractivity contribution >= 4 is 0 Å². The van der Waals surface area contributed by atoms with Gasteiger partial charge in [-0.25, -0.2) is 0 Å². The number of nitrogens with one attached hydrogen (secondary N) is 1. The molecule has 5 heteroatoms. The van der Waals surface area contributed by atoms with Crippen LogP contribution >= 0.6 is 0 Å². The molecule has 1 rings (SSSR count). The van der Waals surface area contributed by atoms with Gasteiger partial charge in [-0.3, -0.25) is 0 Å². The van der Waals surface area contributed by atoms with E-state index < -0.39 is 6.10 Å². The van der Waals surface area contributed by atoms with Crippen molar-refractivity contribution in [2.75, 3.05) is 20.3 Å². The molecule has 1 aromatic rings. The minimum atomic E-state index is -0.493. The van der Waals surface area contributed by atoms with Crippen molar-refractivity contribution < 1.29 is 14.4 Å². The Bertz CT molecular complexity index is 306. The quantitative estimate of drug-likeness (QED) is 0.758. The zero-order chi connectivity index (χ0) is 12.1. The molecule has 0 saturated heterocycles. The molecule has 0 aliphatic rings. The average Bonchev–Trinajstić information content (AvgIpc) is 2.56. The van der Waals surface area contributed by atoms with Crippen molar-refractivity contribution in [3.63, 3.8) is 0 Å². The van der Waals surface area contributed by atoms with Gasteiger partial charge in [-0.05, 0) is 20.8 Å². The zero-order valence-corrected chi connectivity index (χ0v) is 10.3. The molecule has 0 amide bonds. The van der Waals surface area contributed by atoms with Crippen LogP contribution in [0.3, 0.4) is 0 Å². The predicted octanol–water partition coefficient (Wildman–Crippen LogP) is 0.949. The third-order valence-corrected chi connectivity index (χ3v) is 2.54. The maximum atomic E-state index is 9.51. The first-order valence-corrected chi connectivity index (χ1v) is 5.39. The van der Waals surface area contributed by atoms with E-state index in [4.69, 9.17) is 9.26 Å². The minimum absolute atomic E-state index is 0.109. The molecule has 1 heterocycles. The summed E-state index contributed by atoms with van der Waals surface area (Å²) in [6, 6.07) is 0.109. The van der Waals surface area contributed by atoms with Gasteiger partial charge in [-0.1, -0.05) is 5.16 Å². The molecular formula is C11H20N2O3. The summed E-state index contributed by atoms with van der Waals surface area (Å²) in [5.74, 6) is 0.818. The van der Waals surface area contributed by atoms with Gasteiger partial charge >= 0.3 is 0 Å². The lowest BCUT2D eigenvalue weighted by Gasteiger charge is -2.16. The van der Waals surface area contributed by atoms with Crippen molar-refractivity contribution in [1.29, 1.82) is 0 Å². The first-order chi connectivity index (χ1) is 7.56. The first kappa shape index (κ1) is 13.2. The summed E-state index contributed by atoms with van der Waals surface area (Å²) in [6.45, 7) is 6.64. The predicted molar refractivity (Wildman–Crippen MR) is 60.3 cm³/mol. The smallest absolute Gasteiger partial charge is 0.138 e. The molecule has 16 heavy (non-hydrogen) atoms. The largest absolute Gasteiger partial charge is 0.389 e. The molecule has 0 saturated carbocycles. The fourth-order valence-electron chi connectivity index (χ4n) is 1.77. The standard InChI is InChI=1S/C11H20N2O3/c1-7(12-5-10(14)6-15-4)11-8(2)13-16-9(11)3/h7,10,12,14H,5-6H2,1-4H3/t7-,10+/m1/s1. The van der Waals surface area contributed by atoms with Crippen LogP contribution in [0.4, 0.5) is 0 Å². The molecule has 5 nitrogen and oxygen atoms in total. The number of methoxy groups -OCH3 is 1. The van der Waals surface area contributed by atoms with Crippen molar-refractivity contribution in [3.8, 4) is 0 Å². The Balaban J connectivity index is 2.49. The summed E-state index contributed by atoms with van der Waals surface area (Å²) < 4.78 is 9.95. The Kier molecular flexibility index (Phi) is 4.92.